The van der Waals surface area contributed by atoms with Gasteiger partial charge in [-0.15, -0.1) is 10.2 Å². The van der Waals surface area contributed by atoms with Gasteiger partial charge in [0.2, 0.25) is 0 Å². The molecule has 2 N–H and O–H groups in total. The molecular weight excluding hydrogens is 323 g/mol. The number of hydrogen-bond donors (Lipinski definition) is 2. The number of aromatic nitrogens is 2. The zero-order chi connectivity index (χ0) is 15.9. The van der Waals surface area contributed by atoms with Crippen LogP contribution in [0.4, 0.5) is 11.5 Å². The van der Waals surface area contributed by atoms with E-state index in [1.807, 2.05) is 0 Å². The lowest BCUT2D eigenvalue weighted by Crippen LogP contribution is -2.15. The van der Waals surface area contributed by atoms with Gasteiger partial charge in [-0.3, -0.25) is 4.79 Å². The van der Waals surface area contributed by atoms with Gasteiger partial charge < -0.3 is 10.6 Å². The molecule has 1 heterocycles. The highest BCUT2D eigenvalue weighted by Gasteiger charge is 2.11. The van der Waals surface area contributed by atoms with Crippen LogP contribution in [0.3, 0.4) is 0 Å². The monoisotopic (exact) mass is 338 g/mol. The van der Waals surface area contributed by atoms with E-state index in [-0.39, 0.29) is 5.69 Å². The average Bonchev–Trinajstić information content (AvgIpc) is 2.52. The molecule has 2 rings (SSSR count). The minimum Gasteiger partial charge on any atom is -0.369 e. The van der Waals surface area contributed by atoms with Gasteiger partial charge in [0.1, 0.15) is 5.82 Å². The summed E-state index contributed by atoms with van der Waals surface area (Å²) in [5.74, 6) is 0.252. The Morgan fingerprint density at radius 3 is 2.68 bits per heavy atom. The highest BCUT2D eigenvalue weighted by molar-refractivity contribution is 6.35. The number of carbonyl (C=O) groups is 1. The molecule has 0 fully saturated rings. The first kappa shape index (κ1) is 16.5. The zero-order valence-corrected chi connectivity index (χ0v) is 13.6. The van der Waals surface area contributed by atoms with E-state index in [1.165, 1.54) is 0 Å². The van der Waals surface area contributed by atoms with E-state index in [2.05, 4.69) is 27.8 Å². The molecule has 0 radical (unpaired) electrons. The number of anilines is 2. The number of nitrogens with one attached hydrogen (secondary N) is 2. The van der Waals surface area contributed by atoms with E-state index in [0.29, 0.717) is 21.6 Å². The van der Waals surface area contributed by atoms with Crippen LogP contribution in [0.15, 0.2) is 30.3 Å². The lowest BCUT2D eigenvalue weighted by atomic mass is 10.3. The van der Waals surface area contributed by atoms with Crippen molar-refractivity contribution < 1.29 is 4.79 Å². The standard InChI is InChI=1S/C15H16Cl2N4O/c1-2-3-8-18-14-7-6-12(20-21-14)15(22)19-13-9-10(16)4-5-11(13)17/h4-7,9H,2-3,8H2,1H3,(H,18,21)(H,19,22). The van der Waals surface area contributed by atoms with Crippen LogP contribution < -0.4 is 10.6 Å². The second kappa shape index (κ2) is 7.96. The Morgan fingerprint density at radius 2 is 2.00 bits per heavy atom. The van der Waals surface area contributed by atoms with Crippen LogP contribution >= 0.6 is 23.2 Å². The molecule has 0 spiro atoms. The minimum atomic E-state index is -0.392. The van der Waals surface area contributed by atoms with Crippen molar-refractivity contribution in [2.24, 2.45) is 0 Å². The first-order valence-corrected chi connectivity index (χ1v) is 7.69. The topological polar surface area (TPSA) is 66.9 Å². The Bertz CT molecular complexity index is 646. The number of rotatable bonds is 6. The third-order valence-corrected chi connectivity index (χ3v) is 3.47. The van der Waals surface area contributed by atoms with Gasteiger partial charge in [-0.2, -0.15) is 0 Å². The van der Waals surface area contributed by atoms with Crippen molar-refractivity contribution in [2.45, 2.75) is 19.8 Å². The molecular formula is C15H16Cl2N4O. The largest absolute Gasteiger partial charge is 0.369 e. The molecule has 7 heteroatoms. The van der Waals surface area contributed by atoms with Crippen LogP contribution in [0.2, 0.25) is 10.0 Å². The predicted octanol–water partition coefficient (Wildman–Crippen LogP) is 4.25. The molecule has 0 aliphatic rings. The molecule has 0 saturated carbocycles. The SMILES string of the molecule is CCCCNc1ccc(C(=O)Nc2cc(Cl)ccc2Cl)nn1. The van der Waals surface area contributed by atoms with Crippen molar-refractivity contribution in [2.75, 3.05) is 17.2 Å². The van der Waals surface area contributed by atoms with Crippen molar-refractivity contribution in [3.05, 3.63) is 46.1 Å². The summed E-state index contributed by atoms with van der Waals surface area (Å²) in [6, 6.07) is 8.17. The fourth-order valence-electron chi connectivity index (χ4n) is 1.72. The van der Waals surface area contributed by atoms with Crippen molar-refractivity contribution in [3.63, 3.8) is 0 Å². The number of nitrogens with zero attached hydrogens (tertiary/aromatic N) is 2. The smallest absolute Gasteiger partial charge is 0.276 e. The maximum Gasteiger partial charge on any atom is 0.276 e. The van der Waals surface area contributed by atoms with Crippen LogP contribution in [-0.4, -0.2) is 22.6 Å². The van der Waals surface area contributed by atoms with Crippen molar-refractivity contribution >= 4 is 40.6 Å². The molecule has 0 aliphatic heterocycles. The van der Waals surface area contributed by atoms with E-state index in [4.69, 9.17) is 23.2 Å². The van der Waals surface area contributed by atoms with E-state index >= 15 is 0 Å². The van der Waals surface area contributed by atoms with Crippen molar-refractivity contribution in [3.8, 4) is 0 Å². The molecule has 2 aromatic rings. The maximum absolute atomic E-state index is 12.1. The van der Waals surface area contributed by atoms with Crippen LogP contribution in [0, 0.1) is 0 Å². The summed E-state index contributed by atoms with van der Waals surface area (Å²) in [6.07, 6.45) is 2.15. The van der Waals surface area contributed by atoms with Crippen LogP contribution in [0.25, 0.3) is 0 Å². The van der Waals surface area contributed by atoms with E-state index in [1.54, 1.807) is 30.3 Å². The number of halogens is 2. The Kier molecular flexibility index (Phi) is 5.98. The lowest BCUT2D eigenvalue weighted by molar-refractivity contribution is 0.102. The summed E-state index contributed by atoms with van der Waals surface area (Å²) in [5, 5.41) is 14.6. The first-order valence-electron chi connectivity index (χ1n) is 6.94. The second-order valence-electron chi connectivity index (χ2n) is 4.66. The van der Waals surface area contributed by atoms with Gasteiger partial charge in [0.25, 0.3) is 5.91 Å². The number of hydrogen-bond acceptors (Lipinski definition) is 4. The van der Waals surface area contributed by atoms with Gasteiger partial charge in [-0.1, -0.05) is 36.5 Å². The number of unbranched alkanes of at least 4 members (excludes halogenated alkanes) is 1. The van der Waals surface area contributed by atoms with E-state index in [9.17, 15) is 4.79 Å². The molecule has 1 aromatic heterocycles. The summed E-state index contributed by atoms with van der Waals surface area (Å²) < 4.78 is 0. The van der Waals surface area contributed by atoms with Crippen LogP contribution in [0.1, 0.15) is 30.3 Å². The second-order valence-corrected chi connectivity index (χ2v) is 5.51. The van der Waals surface area contributed by atoms with Crippen LogP contribution in [0.5, 0.6) is 0 Å². The molecule has 22 heavy (non-hydrogen) atoms. The molecule has 1 aromatic carbocycles. The summed E-state index contributed by atoms with van der Waals surface area (Å²) >= 11 is 11.9. The fourth-order valence-corrected chi connectivity index (χ4v) is 2.06. The zero-order valence-electron chi connectivity index (χ0n) is 12.1. The van der Waals surface area contributed by atoms with Crippen LogP contribution in [-0.2, 0) is 0 Å². The molecule has 0 atom stereocenters. The molecule has 0 bridgehead atoms. The minimum absolute atomic E-state index is 0.206. The molecule has 0 aliphatic carbocycles. The Balaban J connectivity index is 2.02. The van der Waals surface area contributed by atoms with Crippen molar-refractivity contribution in [1.29, 1.82) is 0 Å². The summed E-state index contributed by atoms with van der Waals surface area (Å²) in [7, 11) is 0. The van der Waals surface area contributed by atoms with E-state index < -0.39 is 5.91 Å². The van der Waals surface area contributed by atoms with Gasteiger partial charge in [0, 0.05) is 11.6 Å². The average molecular weight is 339 g/mol. The van der Waals surface area contributed by atoms with Gasteiger partial charge in [0.15, 0.2) is 5.69 Å². The molecule has 0 saturated heterocycles. The Labute approximate surface area is 139 Å². The Hall–Kier alpha value is -1.85. The first-order chi connectivity index (χ1) is 10.6. The normalized spacial score (nSPS) is 10.3. The summed E-state index contributed by atoms with van der Waals surface area (Å²) in [4.78, 5) is 12.1. The van der Waals surface area contributed by atoms with Gasteiger partial charge in [-0.05, 0) is 36.8 Å². The Morgan fingerprint density at radius 1 is 1.18 bits per heavy atom. The predicted molar refractivity (Wildman–Crippen MR) is 89.8 cm³/mol. The van der Waals surface area contributed by atoms with Gasteiger partial charge in [-0.25, -0.2) is 0 Å². The van der Waals surface area contributed by atoms with Crippen molar-refractivity contribution in [1.82, 2.24) is 10.2 Å². The highest BCUT2D eigenvalue weighted by Crippen LogP contribution is 2.25. The summed E-state index contributed by atoms with van der Waals surface area (Å²) in [5.41, 5.74) is 0.642. The lowest BCUT2D eigenvalue weighted by Gasteiger charge is -2.08. The third kappa shape index (κ3) is 4.58. The third-order valence-electron chi connectivity index (χ3n) is 2.91. The molecule has 5 nitrogen and oxygen atoms in total. The molecule has 116 valence electrons. The molecule has 1 amide bonds. The fraction of sp³-hybridized carbons (Fsp3) is 0.267. The quantitative estimate of drug-likeness (QED) is 0.772. The number of carbonyl (C=O) groups excluding carboxylic acids is 1. The maximum atomic E-state index is 12.1. The van der Waals surface area contributed by atoms with E-state index in [0.717, 1.165) is 19.4 Å². The number of benzene rings is 1. The summed E-state index contributed by atoms with van der Waals surface area (Å²) in [6.45, 7) is 2.94. The van der Waals surface area contributed by atoms with Gasteiger partial charge >= 0.3 is 0 Å². The number of amides is 1. The van der Waals surface area contributed by atoms with Gasteiger partial charge in [0.05, 0.1) is 10.7 Å². The highest BCUT2D eigenvalue weighted by atomic mass is 35.5. The molecule has 0 unspecified atom stereocenters.